The molecule has 0 bridgehead atoms. The third kappa shape index (κ3) is 1.97. The summed E-state index contributed by atoms with van der Waals surface area (Å²) in [6.45, 7) is 0. The Hall–Kier alpha value is -0.520. The maximum atomic E-state index is 2.16. The summed E-state index contributed by atoms with van der Waals surface area (Å²) >= 11 is 0. The van der Waals surface area contributed by atoms with Crippen LogP contribution in [0.25, 0.3) is 0 Å². The molecule has 0 saturated heterocycles. The monoisotopic (exact) mass is 106 g/mol. The average Bonchev–Trinajstić information content (AvgIpc) is 1.62. The first kappa shape index (κ1) is 5.61. The summed E-state index contributed by atoms with van der Waals surface area (Å²) in [6, 6.07) is 0. The second-order valence-electron chi connectivity index (χ2n) is 1.80. The van der Waals surface area contributed by atoms with Crippen molar-refractivity contribution in [3.8, 4) is 0 Å². The van der Waals surface area contributed by atoms with E-state index in [0.29, 0.717) is 0 Å². The molecule has 0 N–H and O–H groups in total. The van der Waals surface area contributed by atoms with E-state index in [9.17, 15) is 0 Å². The smallest absolute Gasteiger partial charge is 0.0164 e. The van der Waals surface area contributed by atoms with Crippen LogP contribution in [0.1, 0.15) is 12.8 Å². The SMILES string of the molecule is [CH]1/C=C\C/C=C\[CH]C1. The van der Waals surface area contributed by atoms with E-state index in [4.69, 9.17) is 0 Å². The molecule has 0 aromatic heterocycles. The Morgan fingerprint density at radius 2 is 1.38 bits per heavy atom. The van der Waals surface area contributed by atoms with Crippen LogP contribution in [0, 0.1) is 12.8 Å². The Morgan fingerprint density at radius 1 is 0.750 bits per heavy atom. The Morgan fingerprint density at radius 3 is 2.00 bits per heavy atom. The number of hydrogen-bond acceptors (Lipinski definition) is 0. The summed E-state index contributed by atoms with van der Waals surface area (Å²) < 4.78 is 0. The summed E-state index contributed by atoms with van der Waals surface area (Å²) in [7, 11) is 0. The third-order valence-electron chi connectivity index (χ3n) is 1.09. The van der Waals surface area contributed by atoms with Crippen LogP contribution >= 0.6 is 0 Å². The van der Waals surface area contributed by atoms with Gasteiger partial charge in [0.15, 0.2) is 0 Å². The van der Waals surface area contributed by atoms with E-state index < -0.39 is 0 Å². The molecule has 0 atom stereocenters. The molecule has 0 nitrogen and oxygen atoms in total. The summed E-state index contributed by atoms with van der Waals surface area (Å²) in [5.74, 6) is 0. The van der Waals surface area contributed by atoms with E-state index in [2.05, 4.69) is 37.1 Å². The lowest BCUT2D eigenvalue weighted by atomic mass is 10.1. The van der Waals surface area contributed by atoms with Crippen molar-refractivity contribution in [2.75, 3.05) is 0 Å². The number of rotatable bonds is 0. The molecule has 1 aliphatic rings. The highest BCUT2D eigenvalue weighted by molar-refractivity contribution is 5.09. The summed E-state index contributed by atoms with van der Waals surface area (Å²) in [5, 5.41) is 0. The summed E-state index contributed by atoms with van der Waals surface area (Å²) in [5.41, 5.74) is 0. The van der Waals surface area contributed by atoms with E-state index in [-0.39, 0.29) is 0 Å². The van der Waals surface area contributed by atoms with Crippen molar-refractivity contribution in [1.82, 2.24) is 0 Å². The molecule has 42 valence electrons. The molecule has 0 aromatic rings. The molecule has 8 heavy (non-hydrogen) atoms. The molecule has 0 saturated carbocycles. The molecule has 2 radical (unpaired) electrons. The highest BCUT2D eigenvalue weighted by Gasteiger charge is 1.83. The average molecular weight is 106 g/mol. The first-order valence-corrected chi connectivity index (χ1v) is 2.97. The van der Waals surface area contributed by atoms with Crippen molar-refractivity contribution in [2.45, 2.75) is 12.8 Å². The second kappa shape index (κ2) is 3.48. The molecule has 0 fully saturated rings. The van der Waals surface area contributed by atoms with Gasteiger partial charge in [0.25, 0.3) is 0 Å². The standard InChI is InChI=1S/C8H10/c1-2-4-6-8-7-5-3-1/h1-3,6-8H,4-5H2/b2-1-,8-6-. The zero-order valence-corrected chi connectivity index (χ0v) is 4.88. The lowest BCUT2D eigenvalue weighted by molar-refractivity contribution is 1.17. The van der Waals surface area contributed by atoms with Crippen molar-refractivity contribution in [1.29, 1.82) is 0 Å². The molecule has 1 aliphatic carbocycles. The van der Waals surface area contributed by atoms with Gasteiger partial charge in [0.1, 0.15) is 0 Å². The minimum atomic E-state index is 1.08. The van der Waals surface area contributed by atoms with Gasteiger partial charge in [-0.3, -0.25) is 0 Å². The van der Waals surface area contributed by atoms with Crippen molar-refractivity contribution in [2.24, 2.45) is 0 Å². The molecule has 0 unspecified atom stereocenters. The van der Waals surface area contributed by atoms with Gasteiger partial charge < -0.3 is 0 Å². The zero-order chi connectivity index (χ0) is 5.66. The van der Waals surface area contributed by atoms with Gasteiger partial charge in [0.2, 0.25) is 0 Å². The van der Waals surface area contributed by atoms with Crippen LogP contribution in [0.3, 0.4) is 0 Å². The van der Waals surface area contributed by atoms with Crippen LogP contribution in [0.15, 0.2) is 24.3 Å². The van der Waals surface area contributed by atoms with Gasteiger partial charge in [0, 0.05) is 0 Å². The van der Waals surface area contributed by atoms with Crippen LogP contribution in [-0.2, 0) is 0 Å². The van der Waals surface area contributed by atoms with Gasteiger partial charge in [-0.2, -0.15) is 0 Å². The van der Waals surface area contributed by atoms with Crippen LogP contribution in [-0.4, -0.2) is 0 Å². The predicted molar refractivity (Wildman–Crippen MR) is 36.1 cm³/mol. The van der Waals surface area contributed by atoms with Gasteiger partial charge in [0.05, 0.1) is 0 Å². The van der Waals surface area contributed by atoms with Gasteiger partial charge >= 0.3 is 0 Å². The molecule has 0 amide bonds. The number of hydrogen-bond donors (Lipinski definition) is 0. The quantitative estimate of drug-likeness (QED) is 0.444. The summed E-state index contributed by atoms with van der Waals surface area (Å²) in [6.07, 6.45) is 15.0. The minimum absolute atomic E-state index is 1.08. The molecule has 0 aromatic carbocycles. The van der Waals surface area contributed by atoms with Crippen LogP contribution < -0.4 is 0 Å². The Bertz CT molecular complexity index is 86.6. The molecule has 0 heteroatoms. The maximum Gasteiger partial charge on any atom is -0.0164 e. The van der Waals surface area contributed by atoms with Crippen molar-refractivity contribution < 1.29 is 0 Å². The predicted octanol–water partition coefficient (Wildman–Crippen LogP) is 2.30. The Balaban J connectivity index is 2.31. The molecule has 0 spiro atoms. The van der Waals surface area contributed by atoms with Crippen molar-refractivity contribution >= 4 is 0 Å². The number of allylic oxidation sites excluding steroid dienone is 4. The fourth-order valence-electron chi connectivity index (χ4n) is 0.664. The lowest BCUT2D eigenvalue weighted by Gasteiger charge is -1.92. The van der Waals surface area contributed by atoms with E-state index in [1.54, 1.807) is 0 Å². The molecule has 0 heterocycles. The van der Waals surface area contributed by atoms with E-state index in [0.717, 1.165) is 12.8 Å². The first-order valence-electron chi connectivity index (χ1n) is 2.97. The van der Waals surface area contributed by atoms with Crippen molar-refractivity contribution in [3.63, 3.8) is 0 Å². The highest BCUT2D eigenvalue weighted by Crippen LogP contribution is 2.00. The summed E-state index contributed by atoms with van der Waals surface area (Å²) in [4.78, 5) is 0. The highest BCUT2D eigenvalue weighted by atomic mass is 13.9. The zero-order valence-electron chi connectivity index (χ0n) is 4.88. The van der Waals surface area contributed by atoms with E-state index in [1.807, 2.05) is 0 Å². The first-order chi connectivity index (χ1) is 4.00. The van der Waals surface area contributed by atoms with E-state index >= 15 is 0 Å². The fraction of sp³-hybridized carbons (Fsp3) is 0.250. The second-order valence-corrected chi connectivity index (χ2v) is 1.80. The molecule has 0 aliphatic heterocycles. The molecular formula is C8H10. The largest absolute Gasteiger partial charge is 0.0845 e. The van der Waals surface area contributed by atoms with Crippen LogP contribution in [0.5, 0.6) is 0 Å². The van der Waals surface area contributed by atoms with Gasteiger partial charge in [-0.05, 0) is 25.7 Å². The maximum absolute atomic E-state index is 2.16. The Kier molecular flexibility index (Phi) is 2.44. The van der Waals surface area contributed by atoms with E-state index in [1.165, 1.54) is 0 Å². The van der Waals surface area contributed by atoms with Gasteiger partial charge in [-0.25, -0.2) is 0 Å². The van der Waals surface area contributed by atoms with Crippen LogP contribution in [0.2, 0.25) is 0 Å². The third-order valence-corrected chi connectivity index (χ3v) is 1.09. The van der Waals surface area contributed by atoms with Crippen molar-refractivity contribution in [3.05, 3.63) is 37.1 Å². The lowest BCUT2D eigenvalue weighted by Crippen LogP contribution is -1.74. The van der Waals surface area contributed by atoms with Gasteiger partial charge in [-0.15, -0.1) is 0 Å². The van der Waals surface area contributed by atoms with Crippen LogP contribution in [0.4, 0.5) is 0 Å². The van der Waals surface area contributed by atoms with Gasteiger partial charge in [-0.1, -0.05) is 24.3 Å². The topological polar surface area (TPSA) is 0 Å². The Labute approximate surface area is 50.9 Å². The normalized spacial score (nSPS) is 28.0. The minimum Gasteiger partial charge on any atom is -0.0845 e. The molecular weight excluding hydrogens is 96.1 g/mol. The molecule has 1 rings (SSSR count). The fourth-order valence-corrected chi connectivity index (χ4v) is 0.664.